The standard InChI is InChI=1S/C10H20N2O2/c1-2-3-8-14-10(13)12(7-6-11)9-4-5-9/h9H,2-8,11H2,1H3. The van der Waals surface area contributed by atoms with Gasteiger partial charge >= 0.3 is 6.09 Å². The van der Waals surface area contributed by atoms with Gasteiger partial charge in [-0.1, -0.05) is 13.3 Å². The van der Waals surface area contributed by atoms with E-state index >= 15 is 0 Å². The first-order chi connectivity index (χ1) is 6.79. The second-order valence-corrected chi connectivity index (χ2v) is 3.68. The molecule has 0 saturated heterocycles. The summed E-state index contributed by atoms with van der Waals surface area (Å²) < 4.78 is 5.13. The SMILES string of the molecule is CCCCOC(=O)N(CCN)C1CC1. The number of nitrogens with two attached hydrogens (primary N) is 1. The highest BCUT2D eigenvalue weighted by Crippen LogP contribution is 2.26. The monoisotopic (exact) mass is 200 g/mol. The first-order valence-electron chi connectivity index (χ1n) is 5.43. The fraction of sp³-hybridized carbons (Fsp3) is 0.900. The van der Waals surface area contributed by atoms with Crippen LogP contribution in [0.1, 0.15) is 32.6 Å². The number of hydrogen-bond acceptors (Lipinski definition) is 3. The van der Waals surface area contributed by atoms with Crippen molar-refractivity contribution >= 4 is 6.09 Å². The largest absolute Gasteiger partial charge is 0.449 e. The number of carbonyl (C=O) groups is 1. The summed E-state index contributed by atoms with van der Waals surface area (Å²) in [5.41, 5.74) is 5.44. The molecule has 0 aromatic carbocycles. The zero-order valence-corrected chi connectivity index (χ0v) is 8.87. The molecule has 14 heavy (non-hydrogen) atoms. The Morgan fingerprint density at radius 2 is 2.29 bits per heavy atom. The highest BCUT2D eigenvalue weighted by molar-refractivity contribution is 5.68. The van der Waals surface area contributed by atoms with Crippen LogP contribution >= 0.6 is 0 Å². The third-order valence-corrected chi connectivity index (χ3v) is 2.32. The second-order valence-electron chi connectivity index (χ2n) is 3.68. The molecule has 0 radical (unpaired) electrons. The van der Waals surface area contributed by atoms with Crippen LogP contribution in [0.4, 0.5) is 4.79 Å². The molecule has 0 heterocycles. The molecule has 1 amide bonds. The molecule has 82 valence electrons. The van der Waals surface area contributed by atoms with Crippen LogP contribution in [0.3, 0.4) is 0 Å². The van der Waals surface area contributed by atoms with Crippen LogP contribution in [-0.4, -0.2) is 36.7 Å². The molecule has 1 aliphatic carbocycles. The predicted octanol–water partition coefficient (Wildman–Crippen LogP) is 1.35. The average Bonchev–Trinajstić information content (AvgIpc) is 2.98. The minimum absolute atomic E-state index is 0.189. The van der Waals surface area contributed by atoms with Gasteiger partial charge in [0.15, 0.2) is 0 Å². The molecule has 1 saturated carbocycles. The van der Waals surface area contributed by atoms with Crippen molar-refractivity contribution in [3.05, 3.63) is 0 Å². The average molecular weight is 200 g/mol. The van der Waals surface area contributed by atoms with E-state index in [-0.39, 0.29) is 6.09 Å². The van der Waals surface area contributed by atoms with Gasteiger partial charge in [-0.2, -0.15) is 0 Å². The molecule has 1 fully saturated rings. The number of carbonyl (C=O) groups excluding carboxylic acids is 1. The maximum absolute atomic E-state index is 11.5. The van der Waals surface area contributed by atoms with Crippen molar-refractivity contribution in [3.8, 4) is 0 Å². The van der Waals surface area contributed by atoms with E-state index in [1.807, 2.05) is 0 Å². The molecule has 1 rings (SSSR count). The quantitative estimate of drug-likeness (QED) is 0.658. The summed E-state index contributed by atoms with van der Waals surface area (Å²) in [5, 5.41) is 0. The minimum Gasteiger partial charge on any atom is -0.449 e. The zero-order valence-electron chi connectivity index (χ0n) is 8.87. The summed E-state index contributed by atoms with van der Waals surface area (Å²) in [6, 6.07) is 0.396. The van der Waals surface area contributed by atoms with Gasteiger partial charge in [0.1, 0.15) is 0 Å². The fourth-order valence-electron chi connectivity index (χ4n) is 1.33. The van der Waals surface area contributed by atoms with Crippen molar-refractivity contribution < 1.29 is 9.53 Å². The van der Waals surface area contributed by atoms with E-state index in [2.05, 4.69) is 6.92 Å². The Balaban J connectivity index is 2.23. The van der Waals surface area contributed by atoms with Gasteiger partial charge in [0.25, 0.3) is 0 Å². The van der Waals surface area contributed by atoms with Gasteiger partial charge in [-0.25, -0.2) is 4.79 Å². The van der Waals surface area contributed by atoms with Crippen molar-refractivity contribution in [3.63, 3.8) is 0 Å². The van der Waals surface area contributed by atoms with Crippen molar-refractivity contribution in [2.24, 2.45) is 5.73 Å². The van der Waals surface area contributed by atoms with Crippen LogP contribution in [0.2, 0.25) is 0 Å². The Hall–Kier alpha value is -0.770. The smallest absolute Gasteiger partial charge is 0.410 e. The lowest BCUT2D eigenvalue weighted by molar-refractivity contribution is 0.0994. The highest BCUT2D eigenvalue weighted by Gasteiger charge is 2.32. The lowest BCUT2D eigenvalue weighted by atomic mass is 10.4. The van der Waals surface area contributed by atoms with E-state index in [1.165, 1.54) is 0 Å². The van der Waals surface area contributed by atoms with Crippen LogP contribution < -0.4 is 5.73 Å². The lowest BCUT2D eigenvalue weighted by Gasteiger charge is -2.20. The number of unbranched alkanes of at least 4 members (excludes halogenated alkanes) is 1. The molecule has 0 bridgehead atoms. The Labute approximate surface area is 85.4 Å². The Morgan fingerprint density at radius 1 is 1.57 bits per heavy atom. The number of amides is 1. The molecule has 0 atom stereocenters. The Kier molecular flexibility index (Phi) is 4.73. The number of nitrogens with zero attached hydrogens (tertiary/aromatic N) is 1. The third-order valence-electron chi connectivity index (χ3n) is 2.32. The third kappa shape index (κ3) is 3.54. The van der Waals surface area contributed by atoms with Crippen molar-refractivity contribution in [2.45, 2.75) is 38.6 Å². The van der Waals surface area contributed by atoms with Crippen LogP contribution in [0.15, 0.2) is 0 Å². The Bertz CT molecular complexity index is 181. The summed E-state index contributed by atoms with van der Waals surface area (Å²) in [6.07, 6.45) is 4.00. The maximum Gasteiger partial charge on any atom is 0.410 e. The highest BCUT2D eigenvalue weighted by atomic mass is 16.6. The predicted molar refractivity (Wildman–Crippen MR) is 55.0 cm³/mol. The van der Waals surface area contributed by atoms with E-state index in [0.717, 1.165) is 25.7 Å². The molecule has 4 heteroatoms. The van der Waals surface area contributed by atoms with Crippen LogP contribution in [0, 0.1) is 0 Å². The number of rotatable bonds is 6. The summed E-state index contributed by atoms with van der Waals surface area (Å²) in [5.74, 6) is 0. The maximum atomic E-state index is 11.5. The topological polar surface area (TPSA) is 55.6 Å². The fourth-order valence-corrected chi connectivity index (χ4v) is 1.33. The van der Waals surface area contributed by atoms with Gasteiger partial charge in [-0.15, -0.1) is 0 Å². The van der Waals surface area contributed by atoms with Gasteiger partial charge in [0.2, 0.25) is 0 Å². The Morgan fingerprint density at radius 3 is 2.79 bits per heavy atom. The van der Waals surface area contributed by atoms with E-state index < -0.39 is 0 Å². The van der Waals surface area contributed by atoms with Crippen LogP contribution in [0.5, 0.6) is 0 Å². The number of hydrogen-bond donors (Lipinski definition) is 1. The lowest BCUT2D eigenvalue weighted by Crippen LogP contribution is -2.37. The van der Waals surface area contributed by atoms with Gasteiger partial charge in [0.05, 0.1) is 6.61 Å². The normalized spacial score (nSPS) is 15.3. The first kappa shape index (κ1) is 11.3. The second kappa shape index (κ2) is 5.86. The van der Waals surface area contributed by atoms with Gasteiger partial charge in [-0.05, 0) is 19.3 Å². The number of ether oxygens (including phenoxy) is 1. The van der Waals surface area contributed by atoms with Crippen molar-refractivity contribution in [1.29, 1.82) is 0 Å². The molecule has 0 unspecified atom stereocenters. The van der Waals surface area contributed by atoms with E-state index in [9.17, 15) is 4.79 Å². The molecule has 0 aromatic heterocycles. The van der Waals surface area contributed by atoms with Crippen molar-refractivity contribution in [2.75, 3.05) is 19.7 Å². The molecule has 1 aliphatic rings. The van der Waals surface area contributed by atoms with E-state index in [1.54, 1.807) is 4.90 Å². The van der Waals surface area contributed by atoms with E-state index in [0.29, 0.717) is 25.7 Å². The molecule has 2 N–H and O–H groups in total. The molecular weight excluding hydrogens is 180 g/mol. The summed E-state index contributed by atoms with van der Waals surface area (Å²) in [6.45, 7) is 3.74. The molecule has 0 spiro atoms. The summed E-state index contributed by atoms with van der Waals surface area (Å²) in [7, 11) is 0. The van der Waals surface area contributed by atoms with Crippen LogP contribution in [-0.2, 0) is 4.74 Å². The summed E-state index contributed by atoms with van der Waals surface area (Å²) >= 11 is 0. The summed E-state index contributed by atoms with van der Waals surface area (Å²) in [4.78, 5) is 13.3. The van der Waals surface area contributed by atoms with E-state index in [4.69, 9.17) is 10.5 Å². The van der Waals surface area contributed by atoms with Gasteiger partial charge in [-0.3, -0.25) is 0 Å². The molecule has 4 nitrogen and oxygen atoms in total. The van der Waals surface area contributed by atoms with Crippen LogP contribution in [0.25, 0.3) is 0 Å². The minimum atomic E-state index is -0.189. The molecule has 0 aromatic rings. The van der Waals surface area contributed by atoms with Crippen molar-refractivity contribution in [1.82, 2.24) is 4.90 Å². The molecular formula is C10H20N2O2. The van der Waals surface area contributed by atoms with Gasteiger partial charge in [0, 0.05) is 19.1 Å². The molecule has 0 aliphatic heterocycles. The zero-order chi connectivity index (χ0) is 10.4. The van der Waals surface area contributed by atoms with Gasteiger partial charge < -0.3 is 15.4 Å². The first-order valence-corrected chi connectivity index (χ1v) is 5.43.